The van der Waals surface area contributed by atoms with Crippen molar-refractivity contribution in [3.63, 3.8) is 0 Å². The number of halogens is 1. The van der Waals surface area contributed by atoms with Crippen LogP contribution in [0.5, 0.6) is 0 Å². The van der Waals surface area contributed by atoms with E-state index in [2.05, 4.69) is 44.7 Å². The molecule has 8 saturated carbocycles. The Morgan fingerprint density at radius 1 is 0.655 bits per heavy atom. The zero-order valence-corrected chi connectivity index (χ0v) is 37.1. The van der Waals surface area contributed by atoms with Crippen LogP contribution in [0.2, 0.25) is 0 Å². The number of H-pyrrole nitrogens is 1. The molecule has 324 valence electrons. The number of fused-ring (bicyclic) bond motifs is 10. The summed E-state index contributed by atoms with van der Waals surface area (Å²) in [6.45, 7) is 9.45. The molecule has 10 rings (SSSR count). The third-order valence-electron chi connectivity index (χ3n) is 18.7. The molecule has 2 heterocycles. The highest BCUT2D eigenvalue weighted by Gasteiger charge is 2.60. The Balaban J connectivity index is 0.000000156. The molecule has 8 nitrogen and oxygen atoms in total. The van der Waals surface area contributed by atoms with Gasteiger partial charge < -0.3 is 19.8 Å². The number of nitrogens with zero attached hydrogens (tertiary/aromatic N) is 3. The topological polar surface area (TPSA) is 121 Å². The quantitative estimate of drug-likeness (QED) is 0.258. The molecule has 16 atom stereocenters. The Labute approximate surface area is 358 Å². The molecule has 0 amide bonds. The van der Waals surface area contributed by atoms with Crippen LogP contribution in [0, 0.1) is 81.8 Å². The van der Waals surface area contributed by atoms with Crippen molar-refractivity contribution >= 4 is 27.5 Å². The first-order valence-corrected chi connectivity index (χ1v) is 24.3. The van der Waals surface area contributed by atoms with E-state index in [4.69, 9.17) is 0 Å². The number of carbonyl (C=O) groups excluding carboxylic acids is 2. The normalized spacial score (nSPS) is 46.1. The Bertz CT molecular complexity index is 1640. The lowest BCUT2D eigenvalue weighted by Crippen LogP contribution is -2.51. The van der Waals surface area contributed by atoms with Crippen LogP contribution in [0.4, 0.5) is 0 Å². The molecule has 0 saturated heterocycles. The molecule has 9 heteroatoms. The summed E-state index contributed by atoms with van der Waals surface area (Å²) < 4.78 is 1.93. The van der Waals surface area contributed by atoms with Gasteiger partial charge in [-0.3, -0.25) is 9.59 Å². The molecule has 0 radical (unpaired) electrons. The van der Waals surface area contributed by atoms with Crippen molar-refractivity contribution in [2.24, 2.45) is 81.8 Å². The van der Waals surface area contributed by atoms with Crippen LogP contribution in [0.3, 0.4) is 0 Å². The zero-order valence-electron chi connectivity index (χ0n) is 35.5. The van der Waals surface area contributed by atoms with E-state index in [0.717, 1.165) is 97.7 Å². The second-order valence-electron chi connectivity index (χ2n) is 21.8. The first kappa shape index (κ1) is 44.2. The number of carbonyl (C=O) groups is 2. The van der Waals surface area contributed by atoms with Crippen molar-refractivity contribution in [2.45, 2.75) is 168 Å². The van der Waals surface area contributed by atoms with Crippen LogP contribution in [0.1, 0.15) is 151 Å². The summed E-state index contributed by atoms with van der Waals surface area (Å²) in [5.74, 6) is 9.42. The molecule has 2 aromatic heterocycles. The van der Waals surface area contributed by atoms with Crippen molar-refractivity contribution < 1.29 is 19.8 Å². The summed E-state index contributed by atoms with van der Waals surface area (Å²) in [7, 11) is 0. The highest BCUT2D eigenvalue weighted by molar-refractivity contribution is 9.09. The van der Waals surface area contributed by atoms with Gasteiger partial charge in [-0.2, -0.15) is 0 Å². The molecule has 3 N–H and O–H groups in total. The van der Waals surface area contributed by atoms with Gasteiger partial charge in [-0.1, -0.05) is 37.2 Å². The van der Waals surface area contributed by atoms with Gasteiger partial charge in [-0.05, 0) is 199 Å². The SMILES string of the molecule is C.C[C@@]1(O)CC[C@H]2[C@@H](CC[C@@H]3[C@@H]2CC[C@]2(C)[C@@H](C(=O)CBr)CC[C@@H]32)C1.C[C@@]1(O)CC[C@H]2[C@@H](CC[C@@H]3[C@@H]2CC[C@]2(C)[C@@H](C(=O)Cn4ccnc4)CC[C@@H]32)C1.c1c[nH]cn1. The molecule has 0 aromatic carbocycles. The van der Waals surface area contributed by atoms with Gasteiger partial charge in [0, 0.05) is 36.6 Å². The number of nitrogens with one attached hydrogen (secondary N) is 1. The fourth-order valence-corrected chi connectivity index (χ4v) is 16.6. The molecule has 8 aliphatic carbocycles. The molecule has 0 spiro atoms. The summed E-state index contributed by atoms with van der Waals surface area (Å²) in [4.78, 5) is 36.1. The van der Waals surface area contributed by atoms with E-state index < -0.39 is 11.2 Å². The maximum atomic E-state index is 13.2. The van der Waals surface area contributed by atoms with Crippen LogP contribution in [-0.4, -0.2) is 57.8 Å². The van der Waals surface area contributed by atoms with Gasteiger partial charge in [-0.15, -0.1) is 0 Å². The lowest BCUT2D eigenvalue weighted by Gasteiger charge is -2.56. The number of aliphatic hydroxyl groups is 2. The lowest BCUT2D eigenvalue weighted by molar-refractivity contribution is -0.133. The highest BCUT2D eigenvalue weighted by Crippen LogP contribution is 2.66. The fourth-order valence-electron chi connectivity index (χ4n) is 16.2. The van der Waals surface area contributed by atoms with Crippen molar-refractivity contribution in [2.75, 3.05) is 5.33 Å². The maximum absolute atomic E-state index is 13.2. The number of alkyl halides is 1. The predicted octanol–water partition coefficient (Wildman–Crippen LogP) is 10.5. The van der Waals surface area contributed by atoms with Gasteiger partial charge in [0.1, 0.15) is 5.78 Å². The highest BCUT2D eigenvalue weighted by atomic mass is 79.9. The second kappa shape index (κ2) is 17.5. The van der Waals surface area contributed by atoms with Crippen molar-refractivity contribution in [1.82, 2.24) is 19.5 Å². The number of aromatic amines is 1. The first-order valence-electron chi connectivity index (χ1n) is 23.2. The zero-order chi connectivity index (χ0) is 40.2. The summed E-state index contributed by atoms with van der Waals surface area (Å²) >= 11 is 3.42. The van der Waals surface area contributed by atoms with Gasteiger partial charge in [0.05, 0.1) is 35.7 Å². The van der Waals surface area contributed by atoms with Gasteiger partial charge in [0.15, 0.2) is 5.78 Å². The van der Waals surface area contributed by atoms with Gasteiger partial charge in [0.2, 0.25) is 0 Å². The molecule has 2 aromatic rings. The number of ketones is 2. The minimum absolute atomic E-state index is 0. The van der Waals surface area contributed by atoms with Crippen molar-refractivity contribution in [3.05, 3.63) is 37.4 Å². The standard InChI is InChI=1S/C24H36N2O2.C21H33BrO2.C3H4N2.CH4/c1-23(28)9-7-17-16(13-23)3-4-19-18(17)8-10-24(2)20(19)5-6-21(24)22(27)14-26-12-11-25-15-26;1-20(24)9-7-14-13(11-20)3-4-16-15(14)8-10-21(2)17(16)5-6-18(21)19(23)12-22;1-2-5-3-4-1;/h11-12,15-21,28H,3-10,13-14H2,1-2H3;13-18,24H,3-12H2,1-2H3;1-3H,(H,4,5);1H4/t16-,17-,18+,19+,20-,21+,23+,24-;13-,14-,15+,16+,17-,18+,20+,21-;;/m00../s1. The molecule has 0 unspecified atom stereocenters. The van der Waals surface area contributed by atoms with Crippen molar-refractivity contribution in [1.29, 1.82) is 0 Å². The van der Waals surface area contributed by atoms with E-state index in [0.29, 0.717) is 29.4 Å². The molecule has 8 aliphatic rings. The van der Waals surface area contributed by atoms with E-state index >= 15 is 0 Å². The number of imidazole rings is 2. The average molecular weight is 866 g/mol. The van der Waals surface area contributed by atoms with Gasteiger partial charge in [0.25, 0.3) is 0 Å². The van der Waals surface area contributed by atoms with E-state index in [1.54, 1.807) is 31.2 Å². The van der Waals surface area contributed by atoms with E-state index in [9.17, 15) is 19.8 Å². The number of hydrogen-bond acceptors (Lipinski definition) is 6. The van der Waals surface area contributed by atoms with Crippen LogP contribution in [0.15, 0.2) is 37.4 Å². The summed E-state index contributed by atoms with van der Waals surface area (Å²) in [6, 6.07) is 0. The van der Waals surface area contributed by atoms with Gasteiger partial charge >= 0.3 is 0 Å². The van der Waals surface area contributed by atoms with Crippen LogP contribution in [-0.2, 0) is 16.1 Å². The summed E-state index contributed by atoms with van der Waals surface area (Å²) in [5.41, 5.74) is -0.391. The minimum atomic E-state index is -0.435. The molecule has 0 bridgehead atoms. The Morgan fingerprint density at radius 2 is 1.17 bits per heavy atom. The largest absolute Gasteiger partial charge is 0.390 e. The fraction of sp³-hybridized carbons (Fsp3) is 0.837. The molecular weight excluding hydrogens is 788 g/mol. The van der Waals surface area contributed by atoms with Crippen LogP contribution >= 0.6 is 15.9 Å². The van der Waals surface area contributed by atoms with Crippen LogP contribution in [0.25, 0.3) is 0 Å². The Kier molecular flexibility index (Phi) is 13.3. The molecule has 0 aliphatic heterocycles. The summed E-state index contributed by atoms with van der Waals surface area (Å²) in [6.07, 6.45) is 32.1. The maximum Gasteiger partial charge on any atom is 0.156 e. The molecule has 58 heavy (non-hydrogen) atoms. The monoisotopic (exact) mass is 865 g/mol. The Morgan fingerprint density at radius 3 is 1.60 bits per heavy atom. The van der Waals surface area contributed by atoms with E-state index in [-0.39, 0.29) is 24.2 Å². The third-order valence-corrected chi connectivity index (χ3v) is 19.2. The van der Waals surface area contributed by atoms with Crippen molar-refractivity contribution in [3.8, 4) is 0 Å². The lowest BCUT2D eigenvalue weighted by atomic mass is 9.49. The second-order valence-corrected chi connectivity index (χ2v) is 22.3. The van der Waals surface area contributed by atoms with E-state index in [1.807, 2.05) is 24.6 Å². The average Bonchev–Trinajstić information content (AvgIpc) is 4.02. The third kappa shape index (κ3) is 8.50. The number of hydrogen-bond donors (Lipinski definition) is 3. The minimum Gasteiger partial charge on any atom is -0.390 e. The van der Waals surface area contributed by atoms with Gasteiger partial charge in [-0.25, -0.2) is 9.97 Å². The summed E-state index contributed by atoms with van der Waals surface area (Å²) in [5, 5.41) is 21.6. The first-order chi connectivity index (χ1) is 27.2. The molecule has 8 fully saturated rings. The Hall–Kier alpha value is -1.84. The number of aromatic nitrogens is 4. The van der Waals surface area contributed by atoms with Crippen LogP contribution < -0.4 is 0 Å². The number of rotatable bonds is 5. The number of Topliss-reactive ketones (excluding diaryl/α,β-unsaturated/α-hetero) is 2. The molecular formula is C49H77BrN4O4. The predicted molar refractivity (Wildman–Crippen MR) is 234 cm³/mol. The smallest absolute Gasteiger partial charge is 0.156 e. The van der Waals surface area contributed by atoms with E-state index in [1.165, 1.54) is 77.0 Å².